The number of esters is 2. The molecule has 1 heterocycles. The Morgan fingerprint density at radius 2 is 1.50 bits per heavy atom. The zero-order valence-electron chi connectivity index (χ0n) is 13.9. The van der Waals surface area contributed by atoms with E-state index < -0.39 is 29.7 Å². The highest BCUT2D eigenvalue weighted by Crippen LogP contribution is 2.31. The van der Waals surface area contributed by atoms with E-state index in [0.717, 1.165) is 14.2 Å². The molecule has 0 bridgehead atoms. The van der Waals surface area contributed by atoms with Crippen molar-refractivity contribution < 1.29 is 33.8 Å². The lowest BCUT2D eigenvalue weighted by atomic mass is 9.84. The fourth-order valence-electron chi connectivity index (χ4n) is 2.41. The molecular formula is C15H20N2O7. The SMILES string of the molecule is COC(=O)C1=C(C)NC(C)=C(C(=O)OC)C1C(=O)NCCC(=O)O. The van der Waals surface area contributed by atoms with Gasteiger partial charge in [-0.1, -0.05) is 0 Å². The molecule has 1 aliphatic rings. The van der Waals surface area contributed by atoms with E-state index in [9.17, 15) is 19.2 Å². The minimum Gasteiger partial charge on any atom is -0.481 e. The first-order chi connectivity index (χ1) is 11.2. The average Bonchev–Trinajstić information content (AvgIpc) is 2.52. The molecule has 0 atom stereocenters. The van der Waals surface area contributed by atoms with E-state index in [-0.39, 0.29) is 24.1 Å². The predicted octanol–water partition coefficient (Wildman–Crippen LogP) is -0.309. The lowest BCUT2D eigenvalue weighted by Gasteiger charge is -2.28. The molecule has 0 aromatic heterocycles. The Hall–Kier alpha value is -2.84. The Balaban J connectivity index is 3.26. The lowest BCUT2D eigenvalue weighted by Crippen LogP contribution is -2.42. The molecule has 0 aromatic rings. The van der Waals surface area contributed by atoms with Gasteiger partial charge in [-0.3, -0.25) is 9.59 Å². The van der Waals surface area contributed by atoms with Crippen LogP contribution in [0.15, 0.2) is 22.5 Å². The Labute approximate surface area is 138 Å². The zero-order valence-corrected chi connectivity index (χ0v) is 13.9. The third-order valence-electron chi connectivity index (χ3n) is 3.47. The second-order valence-electron chi connectivity index (χ2n) is 5.05. The number of carbonyl (C=O) groups excluding carboxylic acids is 3. The number of carbonyl (C=O) groups is 4. The quantitative estimate of drug-likeness (QED) is 0.561. The number of rotatable bonds is 6. The number of ether oxygens (including phenoxy) is 2. The van der Waals surface area contributed by atoms with Gasteiger partial charge in [0.25, 0.3) is 0 Å². The third-order valence-corrected chi connectivity index (χ3v) is 3.47. The average molecular weight is 340 g/mol. The van der Waals surface area contributed by atoms with Gasteiger partial charge < -0.3 is 25.2 Å². The highest BCUT2D eigenvalue weighted by molar-refractivity contribution is 6.06. The molecule has 0 radical (unpaired) electrons. The van der Waals surface area contributed by atoms with Gasteiger partial charge in [-0.05, 0) is 13.8 Å². The van der Waals surface area contributed by atoms with Crippen LogP contribution in [0.1, 0.15) is 20.3 Å². The van der Waals surface area contributed by atoms with Gasteiger partial charge in [0, 0.05) is 17.9 Å². The first-order valence-corrected chi connectivity index (χ1v) is 7.09. The molecule has 0 saturated carbocycles. The molecule has 24 heavy (non-hydrogen) atoms. The van der Waals surface area contributed by atoms with Gasteiger partial charge in [0.2, 0.25) is 5.91 Å². The second-order valence-corrected chi connectivity index (χ2v) is 5.05. The largest absolute Gasteiger partial charge is 0.481 e. The molecule has 9 heteroatoms. The molecule has 9 nitrogen and oxygen atoms in total. The number of aliphatic carboxylic acids is 1. The van der Waals surface area contributed by atoms with Crippen LogP contribution in [0.5, 0.6) is 0 Å². The van der Waals surface area contributed by atoms with E-state index in [4.69, 9.17) is 14.6 Å². The Morgan fingerprint density at radius 3 is 1.88 bits per heavy atom. The van der Waals surface area contributed by atoms with E-state index in [0.29, 0.717) is 11.4 Å². The summed E-state index contributed by atoms with van der Waals surface area (Å²) in [6, 6.07) is 0. The number of hydrogen-bond acceptors (Lipinski definition) is 7. The van der Waals surface area contributed by atoms with E-state index in [2.05, 4.69) is 10.6 Å². The summed E-state index contributed by atoms with van der Waals surface area (Å²) in [4.78, 5) is 47.2. The van der Waals surface area contributed by atoms with E-state index >= 15 is 0 Å². The molecule has 0 fully saturated rings. The number of carboxylic acid groups (broad SMARTS) is 1. The normalized spacial score (nSPS) is 14.8. The topological polar surface area (TPSA) is 131 Å². The molecule has 0 spiro atoms. The fourth-order valence-corrected chi connectivity index (χ4v) is 2.41. The first kappa shape index (κ1) is 19.2. The number of allylic oxidation sites excluding steroid dienone is 2. The highest BCUT2D eigenvalue weighted by Gasteiger charge is 2.40. The summed E-state index contributed by atoms with van der Waals surface area (Å²) in [6.07, 6.45) is -0.288. The summed E-state index contributed by atoms with van der Waals surface area (Å²) >= 11 is 0. The maximum Gasteiger partial charge on any atom is 0.336 e. The van der Waals surface area contributed by atoms with E-state index in [1.165, 1.54) is 0 Å². The summed E-state index contributed by atoms with van der Waals surface area (Å²) < 4.78 is 9.39. The number of methoxy groups -OCH3 is 2. The van der Waals surface area contributed by atoms with Gasteiger partial charge >= 0.3 is 17.9 Å². The molecule has 0 unspecified atom stereocenters. The molecule has 132 valence electrons. The summed E-state index contributed by atoms with van der Waals surface area (Å²) in [7, 11) is 2.32. The van der Waals surface area contributed by atoms with Gasteiger partial charge in [0.15, 0.2) is 0 Å². The molecular weight excluding hydrogens is 320 g/mol. The summed E-state index contributed by atoms with van der Waals surface area (Å²) in [5, 5.41) is 13.9. The van der Waals surface area contributed by atoms with Crippen LogP contribution >= 0.6 is 0 Å². The van der Waals surface area contributed by atoms with E-state index in [1.807, 2.05) is 0 Å². The van der Waals surface area contributed by atoms with Crippen LogP contribution in [0, 0.1) is 5.92 Å². The van der Waals surface area contributed by atoms with Crippen molar-refractivity contribution in [3.8, 4) is 0 Å². The van der Waals surface area contributed by atoms with Crippen LogP contribution in [0.3, 0.4) is 0 Å². The van der Waals surface area contributed by atoms with Crippen LogP contribution < -0.4 is 10.6 Å². The first-order valence-electron chi connectivity index (χ1n) is 7.09. The minimum absolute atomic E-state index is 0.0312. The Bertz CT molecular complexity index is 596. The fraction of sp³-hybridized carbons (Fsp3) is 0.467. The number of hydrogen-bond donors (Lipinski definition) is 3. The number of carboxylic acids is 1. The maximum atomic E-state index is 12.5. The minimum atomic E-state index is -1.25. The smallest absolute Gasteiger partial charge is 0.336 e. The van der Waals surface area contributed by atoms with Gasteiger partial charge in [0.1, 0.15) is 5.92 Å². The van der Waals surface area contributed by atoms with Crippen LogP contribution in [-0.2, 0) is 28.7 Å². The monoisotopic (exact) mass is 340 g/mol. The molecule has 1 aliphatic heterocycles. The lowest BCUT2D eigenvalue weighted by molar-refractivity contribution is -0.141. The maximum absolute atomic E-state index is 12.5. The molecule has 3 N–H and O–H groups in total. The van der Waals surface area contributed by atoms with Crippen molar-refractivity contribution in [1.82, 2.24) is 10.6 Å². The van der Waals surface area contributed by atoms with Crippen molar-refractivity contribution in [2.75, 3.05) is 20.8 Å². The Morgan fingerprint density at radius 1 is 1.04 bits per heavy atom. The van der Waals surface area contributed by atoms with Crippen molar-refractivity contribution in [2.24, 2.45) is 5.92 Å². The number of nitrogens with one attached hydrogen (secondary N) is 2. The number of dihydropyridines is 1. The summed E-state index contributed by atoms with van der Waals surface area (Å²) in [6.45, 7) is 3.00. The van der Waals surface area contributed by atoms with Crippen molar-refractivity contribution in [2.45, 2.75) is 20.3 Å². The van der Waals surface area contributed by atoms with Gasteiger partial charge in [0.05, 0.1) is 31.8 Å². The standard InChI is InChI=1S/C15H20N2O7/c1-7-10(14(21)23-3)12(13(20)16-6-5-9(18)19)11(8(2)17-7)15(22)24-4/h12,17H,5-6H2,1-4H3,(H,16,20)(H,18,19). The van der Waals surface area contributed by atoms with Gasteiger partial charge in [-0.25, -0.2) is 9.59 Å². The number of amides is 1. The van der Waals surface area contributed by atoms with Crippen molar-refractivity contribution in [1.29, 1.82) is 0 Å². The summed E-state index contributed by atoms with van der Waals surface area (Å²) in [5.74, 6) is -4.56. The van der Waals surface area contributed by atoms with Crippen LogP contribution in [0.2, 0.25) is 0 Å². The van der Waals surface area contributed by atoms with Gasteiger partial charge in [-0.2, -0.15) is 0 Å². The second kappa shape index (κ2) is 8.14. The molecule has 1 rings (SSSR count). The van der Waals surface area contributed by atoms with Gasteiger partial charge in [-0.15, -0.1) is 0 Å². The zero-order chi connectivity index (χ0) is 18.4. The van der Waals surface area contributed by atoms with Crippen molar-refractivity contribution in [3.05, 3.63) is 22.5 Å². The van der Waals surface area contributed by atoms with Crippen LogP contribution in [-0.4, -0.2) is 49.7 Å². The third kappa shape index (κ3) is 4.12. The van der Waals surface area contributed by atoms with Crippen LogP contribution in [0.4, 0.5) is 0 Å². The molecule has 1 amide bonds. The Kier molecular flexibility index (Phi) is 6.51. The highest BCUT2D eigenvalue weighted by atomic mass is 16.5. The molecule has 0 saturated heterocycles. The molecule has 0 aromatic carbocycles. The van der Waals surface area contributed by atoms with E-state index in [1.54, 1.807) is 13.8 Å². The predicted molar refractivity (Wildman–Crippen MR) is 81.3 cm³/mol. The summed E-state index contributed by atoms with van der Waals surface area (Å²) in [5.41, 5.74) is 0.670. The van der Waals surface area contributed by atoms with Crippen molar-refractivity contribution in [3.63, 3.8) is 0 Å². The molecule has 0 aliphatic carbocycles. The van der Waals surface area contributed by atoms with Crippen LogP contribution in [0.25, 0.3) is 0 Å². The van der Waals surface area contributed by atoms with Crippen molar-refractivity contribution >= 4 is 23.8 Å².